The van der Waals surface area contributed by atoms with Crippen LogP contribution in [0.5, 0.6) is 0 Å². The quantitative estimate of drug-likeness (QED) is 0.495. The van der Waals surface area contributed by atoms with Crippen LogP contribution in [-0.4, -0.2) is 25.3 Å². The number of aromatic nitrogens is 5. The molecule has 0 unspecified atom stereocenters. The Morgan fingerprint density at radius 3 is 2.65 bits per heavy atom. The van der Waals surface area contributed by atoms with Crippen LogP contribution in [0.25, 0.3) is 11.4 Å². The number of hydrogen-bond donors (Lipinski definition) is 2. The van der Waals surface area contributed by atoms with Gasteiger partial charge < -0.3 is 9.84 Å². The Bertz CT molecular complexity index is 980. The molecule has 0 spiro atoms. The molecule has 0 aliphatic heterocycles. The molecular weight excluding hydrogens is 348 g/mol. The fraction of sp³-hybridized carbons (Fsp3) is 0.111. The van der Waals surface area contributed by atoms with Gasteiger partial charge >= 0.3 is 0 Å². The second-order valence-electron chi connectivity index (χ2n) is 5.62. The second-order valence-corrected chi connectivity index (χ2v) is 6.57. The summed E-state index contributed by atoms with van der Waals surface area (Å²) in [4.78, 5) is 8.80. The van der Waals surface area contributed by atoms with Gasteiger partial charge in [0.05, 0.1) is 5.75 Å². The van der Waals surface area contributed by atoms with E-state index in [-0.39, 0.29) is 0 Å². The van der Waals surface area contributed by atoms with Crippen LogP contribution in [0.4, 0.5) is 11.6 Å². The predicted molar refractivity (Wildman–Crippen MR) is 100 cm³/mol. The van der Waals surface area contributed by atoms with Crippen molar-refractivity contribution in [3.63, 3.8) is 0 Å². The lowest BCUT2D eigenvalue weighted by molar-refractivity contribution is 0.391. The summed E-state index contributed by atoms with van der Waals surface area (Å²) < 4.78 is 5.29. The zero-order valence-corrected chi connectivity index (χ0v) is 14.8. The van der Waals surface area contributed by atoms with Crippen molar-refractivity contribution < 1.29 is 4.52 Å². The Kier molecular flexibility index (Phi) is 4.65. The van der Waals surface area contributed by atoms with Gasteiger partial charge in [-0.05, 0) is 19.1 Å². The van der Waals surface area contributed by atoms with E-state index in [2.05, 4.69) is 30.6 Å². The van der Waals surface area contributed by atoms with Gasteiger partial charge in [0.15, 0.2) is 0 Å². The molecule has 2 aromatic heterocycles. The van der Waals surface area contributed by atoms with Crippen molar-refractivity contribution >= 4 is 23.4 Å². The molecule has 0 atom stereocenters. The number of nitrogens with zero attached hydrogens (tertiary/aromatic N) is 4. The van der Waals surface area contributed by atoms with Gasteiger partial charge in [-0.15, -0.1) is 5.10 Å². The van der Waals surface area contributed by atoms with Gasteiger partial charge in [-0.25, -0.2) is 5.10 Å². The number of aryl methyl sites for hydroxylation is 1. The maximum Gasteiger partial charge on any atom is 0.237 e. The molecule has 0 aliphatic carbocycles. The smallest absolute Gasteiger partial charge is 0.237 e. The molecule has 26 heavy (non-hydrogen) atoms. The van der Waals surface area contributed by atoms with E-state index >= 15 is 0 Å². The van der Waals surface area contributed by atoms with Gasteiger partial charge in [0.2, 0.25) is 22.8 Å². The Hall–Kier alpha value is -3.13. The summed E-state index contributed by atoms with van der Waals surface area (Å²) in [7, 11) is 0. The van der Waals surface area contributed by atoms with Crippen LogP contribution in [0.15, 0.2) is 64.3 Å². The molecular formula is C18H16N6OS. The number of thioether (sulfide) groups is 1. The zero-order valence-electron chi connectivity index (χ0n) is 14.0. The maximum atomic E-state index is 5.29. The third-order valence-electron chi connectivity index (χ3n) is 3.60. The standard InChI is InChI=1S/C18H16N6OS/c1-12-7-9-14(10-8-12)19-17-21-18(23-22-17)26-11-15-20-16(24-25-15)13-5-3-2-4-6-13/h2-10H,11H2,1H3,(H2,19,21,22,23). The minimum atomic E-state index is 0.502. The molecule has 0 saturated carbocycles. The van der Waals surface area contributed by atoms with Crippen molar-refractivity contribution in [3.8, 4) is 11.4 Å². The number of anilines is 2. The topological polar surface area (TPSA) is 92.5 Å². The third-order valence-corrected chi connectivity index (χ3v) is 4.44. The minimum Gasteiger partial charge on any atom is -0.338 e. The van der Waals surface area contributed by atoms with Gasteiger partial charge in [-0.1, -0.05) is 64.9 Å². The van der Waals surface area contributed by atoms with Crippen molar-refractivity contribution in [2.75, 3.05) is 5.32 Å². The Morgan fingerprint density at radius 2 is 1.85 bits per heavy atom. The van der Waals surface area contributed by atoms with Crippen LogP contribution < -0.4 is 5.32 Å². The van der Waals surface area contributed by atoms with E-state index in [1.54, 1.807) is 0 Å². The molecule has 4 rings (SSSR count). The van der Waals surface area contributed by atoms with Crippen LogP contribution in [0, 0.1) is 6.92 Å². The van der Waals surface area contributed by atoms with Crippen LogP contribution in [-0.2, 0) is 5.75 Å². The maximum absolute atomic E-state index is 5.29. The van der Waals surface area contributed by atoms with E-state index < -0.39 is 0 Å². The fourth-order valence-corrected chi connectivity index (χ4v) is 2.92. The highest BCUT2D eigenvalue weighted by molar-refractivity contribution is 7.98. The highest BCUT2D eigenvalue weighted by Crippen LogP contribution is 2.22. The summed E-state index contributed by atoms with van der Waals surface area (Å²) in [6.07, 6.45) is 0. The van der Waals surface area contributed by atoms with Crippen molar-refractivity contribution in [1.29, 1.82) is 0 Å². The first-order chi connectivity index (χ1) is 12.8. The van der Waals surface area contributed by atoms with E-state index in [1.165, 1.54) is 17.3 Å². The first kappa shape index (κ1) is 16.3. The van der Waals surface area contributed by atoms with Crippen LogP contribution in [0.3, 0.4) is 0 Å². The molecule has 130 valence electrons. The molecule has 0 bridgehead atoms. The molecule has 0 amide bonds. The van der Waals surface area contributed by atoms with Crippen LogP contribution in [0.2, 0.25) is 0 Å². The summed E-state index contributed by atoms with van der Waals surface area (Å²) >= 11 is 1.43. The lowest BCUT2D eigenvalue weighted by atomic mass is 10.2. The molecule has 0 radical (unpaired) electrons. The van der Waals surface area contributed by atoms with Crippen molar-refractivity contribution in [2.24, 2.45) is 0 Å². The molecule has 2 N–H and O–H groups in total. The number of H-pyrrole nitrogens is 1. The molecule has 2 aromatic carbocycles. The summed E-state index contributed by atoms with van der Waals surface area (Å²) in [5, 5.41) is 14.9. The molecule has 0 fully saturated rings. The van der Waals surface area contributed by atoms with Crippen molar-refractivity contribution in [1.82, 2.24) is 25.3 Å². The van der Waals surface area contributed by atoms with E-state index in [0.29, 0.717) is 28.6 Å². The van der Waals surface area contributed by atoms with E-state index in [1.807, 2.05) is 61.5 Å². The molecule has 4 aromatic rings. The molecule has 0 aliphatic rings. The summed E-state index contributed by atoms with van der Waals surface area (Å²) in [5.41, 5.74) is 3.08. The number of nitrogens with one attached hydrogen (secondary N) is 2. The Balaban J connectivity index is 1.36. The average molecular weight is 364 g/mol. The third kappa shape index (κ3) is 3.92. The first-order valence-corrected chi connectivity index (χ1v) is 9.02. The first-order valence-electron chi connectivity index (χ1n) is 8.03. The predicted octanol–water partition coefficient (Wildman–Crippen LogP) is 4.20. The van der Waals surface area contributed by atoms with Crippen LogP contribution >= 0.6 is 11.8 Å². The van der Waals surface area contributed by atoms with Gasteiger partial charge in [0.25, 0.3) is 0 Å². The largest absolute Gasteiger partial charge is 0.338 e. The van der Waals surface area contributed by atoms with Gasteiger partial charge in [0.1, 0.15) is 0 Å². The van der Waals surface area contributed by atoms with Gasteiger partial charge in [-0.3, -0.25) is 0 Å². The highest BCUT2D eigenvalue weighted by atomic mass is 32.2. The molecule has 7 nitrogen and oxygen atoms in total. The summed E-state index contributed by atoms with van der Waals surface area (Å²) in [5.74, 6) is 2.21. The summed E-state index contributed by atoms with van der Waals surface area (Å²) in [6.45, 7) is 2.05. The lowest BCUT2D eigenvalue weighted by Crippen LogP contribution is -1.92. The molecule has 2 heterocycles. The number of hydrogen-bond acceptors (Lipinski definition) is 7. The van der Waals surface area contributed by atoms with Gasteiger partial charge in [0, 0.05) is 11.3 Å². The van der Waals surface area contributed by atoms with E-state index in [9.17, 15) is 0 Å². The Morgan fingerprint density at radius 1 is 1.04 bits per heavy atom. The highest BCUT2D eigenvalue weighted by Gasteiger charge is 2.11. The number of benzene rings is 2. The SMILES string of the molecule is Cc1ccc(Nc2nc(SCc3nc(-c4ccccc4)no3)n[nH]2)cc1. The van der Waals surface area contributed by atoms with Crippen LogP contribution in [0.1, 0.15) is 11.5 Å². The number of rotatable bonds is 6. The lowest BCUT2D eigenvalue weighted by Gasteiger charge is -2.01. The fourth-order valence-electron chi connectivity index (χ4n) is 2.28. The van der Waals surface area contributed by atoms with Gasteiger partial charge in [-0.2, -0.15) is 9.97 Å². The minimum absolute atomic E-state index is 0.502. The summed E-state index contributed by atoms with van der Waals surface area (Å²) in [6, 6.07) is 17.8. The number of aromatic amines is 1. The second kappa shape index (κ2) is 7.40. The average Bonchev–Trinajstić information content (AvgIpc) is 3.32. The van der Waals surface area contributed by atoms with Crippen molar-refractivity contribution in [3.05, 3.63) is 66.1 Å². The molecule has 8 heteroatoms. The van der Waals surface area contributed by atoms with E-state index in [4.69, 9.17) is 4.52 Å². The normalized spacial score (nSPS) is 10.8. The van der Waals surface area contributed by atoms with Crippen molar-refractivity contribution in [2.45, 2.75) is 17.8 Å². The zero-order chi connectivity index (χ0) is 17.8. The Labute approximate surface area is 154 Å². The molecule has 0 saturated heterocycles. The van der Waals surface area contributed by atoms with E-state index in [0.717, 1.165) is 11.3 Å². The monoisotopic (exact) mass is 364 g/mol.